The molecule has 29 heavy (non-hydrogen) atoms. The highest BCUT2D eigenvalue weighted by atomic mass is 19.1. The van der Waals surface area contributed by atoms with Crippen molar-refractivity contribution in [2.24, 2.45) is 5.92 Å². The number of hydrogen-bond acceptors (Lipinski definition) is 4. The molecule has 0 aliphatic heterocycles. The van der Waals surface area contributed by atoms with Crippen molar-refractivity contribution in [3.8, 4) is 0 Å². The van der Waals surface area contributed by atoms with Gasteiger partial charge in [-0.1, -0.05) is 39.3 Å². The van der Waals surface area contributed by atoms with Gasteiger partial charge in [0.05, 0.1) is 0 Å². The number of unbranched alkanes of at least 4 members (excludes halogenated alkanes) is 1. The van der Waals surface area contributed by atoms with Crippen LogP contribution in [0.2, 0.25) is 0 Å². The third-order valence-electron chi connectivity index (χ3n) is 4.61. The number of nitrogens with two attached hydrogens (primary N) is 1. The zero-order valence-electron chi connectivity index (χ0n) is 17.2. The third kappa shape index (κ3) is 5.79. The van der Waals surface area contributed by atoms with Crippen molar-refractivity contribution in [1.82, 2.24) is 9.55 Å². The van der Waals surface area contributed by atoms with E-state index in [1.807, 2.05) is 20.8 Å². The number of carbonyl (C=O) groups is 1. The smallest absolute Gasteiger partial charge is 0.330 e. The van der Waals surface area contributed by atoms with Crippen molar-refractivity contribution in [2.75, 3.05) is 17.2 Å². The van der Waals surface area contributed by atoms with Gasteiger partial charge in [0.25, 0.3) is 5.56 Å². The lowest BCUT2D eigenvalue weighted by Gasteiger charge is -2.25. The number of anilines is 2. The highest BCUT2D eigenvalue weighted by molar-refractivity contribution is 5.95. The Hall–Kier alpha value is -2.90. The number of hydrogen-bond donors (Lipinski definition) is 2. The lowest BCUT2D eigenvalue weighted by molar-refractivity contribution is -0.118. The standard InChI is InChI=1S/C21H29FN4O3/c1-4-5-12-25(17(27)11-8-15-6-9-16(22)10-7-15)18-19(23)26(13-14(2)3)21(29)24-20(18)28/h6-7,9-10,14H,4-5,8,11-13,23H2,1-3H3,(H,24,28,29). The number of amides is 1. The number of rotatable bonds is 9. The van der Waals surface area contributed by atoms with Crippen LogP contribution >= 0.6 is 0 Å². The molecule has 0 aliphatic rings. The van der Waals surface area contributed by atoms with Crippen LogP contribution in [0.4, 0.5) is 15.9 Å². The van der Waals surface area contributed by atoms with Crippen molar-refractivity contribution < 1.29 is 9.18 Å². The van der Waals surface area contributed by atoms with Crippen molar-refractivity contribution in [3.05, 3.63) is 56.5 Å². The first-order valence-electron chi connectivity index (χ1n) is 9.92. The number of aromatic amines is 1. The fraction of sp³-hybridized carbons (Fsp3) is 0.476. The number of halogens is 1. The number of aryl methyl sites for hydroxylation is 1. The van der Waals surface area contributed by atoms with E-state index in [1.54, 1.807) is 12.1 Å². The average Bonchev–Trinajstić information content (AvgIpc) is 2.66. The van der Waals surface area contributed by atoms with Gasteiger partial charge in [0.1, 0.15) is 11.6 Å². The first-order valence-corrected chi connectivity index (χ1v) is 9.92. The number of benzene rings is 1. The summed E-state index contributed by atoms with van der Waals surface area (Å²) >= 11 is 0. The Kier molecular flexibility index (Phi) is 7.75. The van der Waals surface area contributed by atoms with Crippen molar-refractivity contribution in [2.45, 2.75) is 53.0 Å². The Morgan fingerprint density at radius 3 is 2.48 bits per heavy atom. The molecule has 1 amide bonds. The number of nitrogens with one attached hydrogen (secondary N) is 1. The molecule has 0 radical (unpaired) electrons. The molecule has 8 heteroatoms. The van der Waals surface area contributed by atoms with Gasteiger partial charge < -0.3 is 10.6 Å². The molecule has 2 rings (SSSR count). The molecule has 0 aliphatic carbocycles. The molecule has 1 aromatic carbocycles. The Morgan fingerprint density at radius 2 is 1.90 bits per heavy atom. The van der Waals surface area contributed by atoms with Gasteiger partial charge in [0.2, 0.25) is 5.91 Å². The highest BCUT2D eigenvalue weighted by Gasteiger charge is 2.24. The summed E-state index contributed by atoms with van der Waals surface area (Å²) in [6.07, 6.45) is 2.05. The van der Waals surface area contributed by atoms with Gasteiger partial charge >= 0.3 is 5.69 Å². The minimum Gasteiger partial charge on any atom is -0.383 e. The molecule has 0 spiro atoms. The molecule has 1 aromatic heterocycles. The predicted molar refractivity (Wildman–Crippen MR) is 113 cm³/mol. The fourth-order valence-electron chi connectivity index (χ4n) is 3.10. The molecule has 0 saturated heterocycles. The Bertz CT molecular complexity index is 948. The molecule has 1 heterocycles. The zero-order chi connectivity index (χ0) is 21.6. The second-order valence-electron chi connectivity index (χ2n) is 7.52. The van der Waals surface area contributed by atoms with Crippen LogP contribution in [0.5, 0.6) is 0 Å². The molecule has 158 valence electrons. The van der Waals surface area contributed by atoms with Gasteiger partial charge in [-0.05, 0) is 36.5 Å². The van der Waals surface area contributed by atoms with Gasteiger partial charge in [-0.15, -0.1) is 0 Å². The predicted octanol–water partition coefficient (Wildman–Crippen LogP) is 2.68. The normalized spacial score (nSPS) is 11.1. The Balaban J connectivity index is 2.35. The van der Waals surface area contributed by atoms with Crippen LogP contribution in [-0.2, 0) is 17.8 Å². The molecule has 7 nitrogen and oxygen atoms in total. The Morgan fingerprint density at radius 1 is 1.24 bits per heavy atom. The number of nitrogen functional groups attached to an aromatic ring is 1. The van der Waals surface area contributed by atoms with Crippen LogP contribution in [0.3, 0.4) is 0 Å². The maximum absolute atomic E-state index is 13.1. The van der Waals surface area contributed by atoms with Crippen LogP contribution in [0.15, 0.2) is 33.9 Å². The molecular weight excluding hydrogens is 375 g/mol. The summed E-state index contributed by atoms with van der Waals surface area (Å²) in [7, 11) is 0. The van der Waals surface area contributed by atoms with Crippen molar-refractivity contribution >= 4 is 17.4 Å². The first-order chi connectivity index (χ1) is 13.7. The lowest BCUT2D eigenvalue weighted by atomic mass is 10.1. The van der Waals surface area contributed by atoms with Crippen LogP contribution < -0.4 is 21.9 Å². The quantitative estimate of drug-likeness (QED) is 0.671. The summed E-state index contributed by atoms with van der Waals surface area (Å²) in [5.74, 6) is -0.475. The highest BCUT2D eigenvalue weighted by Crippen LogP contribution is 2.20. The van der Waals surface area contributed by atoms with Crippen LogP contribution in [0, 0.1) is 11.7 Å². The van der Waals surface area contributed by atoms with E-state index in [0.29, 0.717) is 25.9 Å². The van der Waals surface area contributed by atoms with Crippen LogP contribution in [0.1, 0.15) is 45.6 Å². The second-order valence-corrected chi connectivity index (χ2v) is 7.52. The van der Waals surface area contributed by atoms with E-state index in [9.17, 15) is 18.8 Å². The molecule has 0 saturated carbocycles. The van der Waals surface area contributed by atoms with Crippen molar-refractivity contribution in [1.29, 1.82) is 0 Å². The SMILES string of the molecule is CCCCN(C(=O)CCc1ccc(F)cc1)c1c(N)n(CC(C)C)c(=O)[nH]c1=O. The van der Waals surface area contributed by atoms with E-state index < -0.39 is 11.2 Å². The van der Waals surface area contributed by atoms with E-state index in [0.717, 1.165) is 12.0 Å². The Labute approximate surface area is 169 Å². The van der Waals surface area contributed by atoms with E-state index in [4.69, 9.17) is 5.73 Å². The molecule has 0 atom stereocenters. The number of carbonyl (C=O) groups excluding carboxylic acids is 1. The molecule has 3 N–H and O–H groups in total. The van der Waals surface area contributed by atoms with Gasteiger partial charge in [-0.2, -0.15) is 0 Å². The van der Waals surface area contributed by atoms with E-state index in [2.05, 4.69) is 4.98 Å². The van der Waals surface area contributed by atoms with Crippen LogP contribution in [0.25, 0.3) is 0 Å². The summed E-state index contributed by atoms with van der Waals surface area (Å²) in [5.41, 5.74) is 5.76. The minimum absolute atomic E-state index is 0.00122. The zero-order valence-corrected chi connectivity index (χ0v) is 17.2. The van der Waals surface area contributed by atoms with Crippen LogP contribution in [-0.4, -0.2) is 22.0 Å². The van der Waals surface area contributed by atoms with E-state index in [1.165, 1.54) is 21.6 Å². The number of H-pyrrole nitrogens is 1. The maximum atomic E-state index is 13.1. The van der Waals surface area contributed by atoms with Gasteiger partial charge in [-0.25, -0.2) is 9.18 Å². The first kappa shape index (κ1) is 22.4. The molecule has 0 fully saturated rings. The molecule has 0 unspecified atom stereocenters. The largest absolute Gasteiger partial charge is 0.383 e. The summed E-state index contributed by atoms with van der Waals surface area (Å²) < 4.78 is 14.4. The summed E-state index contributed by atoms with van der Waals surface area (Å²) in [5, 5.41) is 0. The lowest BCUT2D eigenvalue weighted by Crippen LogP contribution is -2.42. The van der Waals surface area contributed by atoms with Gasteiger partial charge in [0, 0.05) is 19.5 Å². The average molecular weight is 404 g/mol. The van der Waals surface area contributed by atoms with Gasteiger partial charge in [0.15, 0.2) is 5.69 Å². The topological polar surface area (TPSA) is 101 Å². The number of aromatic nitrogens is 2. The summed E-state index contributed by atoms with van der Waals surface area (Å²) in [6, 6.07) is 5.95. The molecule has 2 aromatic rings. The van der Waals surface area contributed by atoms with Crippen molar-refractivity contribution in [3.63, 3.8) is 0 Å². The monoisotopic (exact) mass is 404 g/mol. The maximum Gasteiger partial charge on any atom is 0.330 e. The minimum atomic E-state index is -0.668. The van der Waals surface area contributed by atoms with E-state index >= 15 is 0 Å². The summed E-state index contributed by atoms with van der Waals surface area (Å²) in [6.45, 7) is 6.50. The van der Waals surface area contributed by atoms with E-state index in [-0.39, 0.29) is 35.6 Å². The fourth-order valence-corrected chi connectivity index (χ4v) is 3.10. The second kappa shape index (κ2) is 10.0. The van der Waals surface area contributed by atoms with Gasteiger partial charge in [-0.3, -0.25) is 19.1 Å². The number of nitrogens with zero attached hydrogens (tertiary/aromatic N) is 2. The molecular formula is C21H29FN4O3. The summed E-state index contributed by atoms with van der Waals surface area (Å²) in [4.78, 5) is 41.3. The third-order valence-corrected chi connectivity index (χ3v) is 4.61. The molecule has 0 bridgehead atoms.